The molecule has 1 aromatic carbocycles. The summed E-state index contributed by atoms with van der Waals surface area (Å²) in [4.78, 5) is 10.4. The number of halogens is 1. The number of hydrogen-bond donors (Lipinski definition) is 2. The first-order valence-corrected chi connectivity index (χ1v) is 5.76. The normalized spacial score (nSPS) is 12.2. The lowest BCUT2D eigenvalue weighted by atomic mass is 10.2. The van der Waals surface area contributed by atoms with Crippen molar-refractivity contribution in [2.75, 3.05) is 25.6 Å². The van der Waals surface area contributed by atoms with Crippen molar-refractivity contribution >= 4 is 23.0 Å². The monoisotopic (exact) mass is 274 g/mol. The minimum atomic E-state index is -0.485. The van der Waals surface area contributed by atoms with E-state index in [0.29, 0.717) is 23.7 Å². The van der Waals surface area contributed by atoms with Gasteiger partial charge in [-0.25, -0.2) is 0 Å². The van der Waals surface area contributed by atoms with Gasteiger partial charge in [-0.3, -0.25) is 10.1 Å². The van der Waals surface area contributed by atoms with Crippen LogP contribution in [0.3, 0.4) is 0 Å². The molecule has 0 heterocycles. The average molecular weight is 275 g/mol. The number of nitrogens with one attached hydrogen (secondary N) is 1. The van der Waals surface area contributed by atoms with E-state index in [1.54, 1.807) is 0 Å². The topological polar surface area (TPSA) is 84.6 Å². The van der Waals surface area contributed by atoms with Crippen molar-refractivity contribution in [1.82, 2.24) is 0 Å². The highest BCUT2D eigenvalue weighted by Gasteiger charge is 2.17. The highest BCUT2D eigenvalue weighted by Crippen LogP contribution is 2.28. The summed E-state index contributed by atoms with van der Waals surface area (Å²) < 4.78 is 4.98. The Balaban J connectivity index is 2.92. The van der Waals surface area contributed by atoms with E-state index in [4.69, 9.17) is 21.4 Å². The number of rotatable bonds is 7. The smallest absolute Gasteiger partial charge is 0.292 e. The second kappa shape index (κ2) is 7.15. The summed E-state index contributed by atoms with van der Waals surface area (Å²) in [7, 11) is 1.53. The molecular formula is C11H15ClN2O4. The number of benzene rings is 1. The van der Waals surface area contributed by atoms with Crippen molar-refractivity contribution in [3.05, 3.63) is 33.3 Å². The first-order chi connectivity index (χ1) is 8.58. The summed E-state index contributed by atoms with van der Waals surface area (Å²) in [5, 5.41) is 23.2. The molecule has 0 saturated heterocycles. The van der Waals surface area contributed by atoms with Crippen molar-refractivity contribution in [3.63, 3.8) is 0 Å². The number of aliphatic hydroxyl groups is 1. The van der Waals surface area contributed by atoms with E-state index < -0.39 is 4.92 Å². The molecule has 100 valence electrons. The van der Waals surface area contributed by atoms with Crippen LogP contribution in [0.2, 0.25) is 5.02 Å². The van der Waals surface area contributed by atoms with Crippen LogP contribution in [0.4, 0.5) is 11.4 Å². The first-order valence-electron chi connectivity index (χ1n) is 5.38. The Labute approximate surface area is 110 Å². The molecule has 0 spiro atoms. The third kappa shape index (κ3) is 4.14. The molecule has 0 aromatic heterocycles. The SMILES string of the molecule is COCC(CCO)Nc1cc(Cl)ccc1[N+](=O)[O-]. The van der Waals surface area contributed by atoms with Gasteiger partial charge in [0.05, 0.1) is 17.6 Å². The van der Waals surface area contributed by atoms with Gasteiger partial charge in [-0.05, 0) is 18.6 Å². The maximum atomic E-state index is 10.9. The van der Waals surface area contributed by atoms with Gasteiger partial charge in [-0.15, -0.1) is 0 Å². The van der Waals surface area contributed by atoms with Gasteiger partial charge in [0, 0.05) is 24.8 Å². The third-order valence-corrected chi connectivity index (χ3v) is 2.60. The van der Waals surface area contributed by atoms with Crippen LogP contribution >= 0.6 is 11.6 Å². The number of nitrogens with zero attached hydrogens (tertiary/aromatic N) is 1. The van der Waals surface area contributed by atoms with Crippen LogP contribution in [-0.2, 0) is 4.74 Å². The lowest BCUT2D eigenvalue weighted by molar-refractivity contribution is -0.384. The van der Waals surface area contributed by atoms with E-state index >= 15 is 0 Å². The molecule has 0 aliphatic rings. The van der Waals surface area contributed by atoms with Crippen molar-refractivity contribution in [2.24, 2.45) is 0 Å². The Kier molecular flexibility index (Phi) is 5.84. The van der Waals surface area contributed by atoms with E-state index in [9.17, 15) is 10.1 Å². The van der Waals surface area contributed by atoms with Gasteiger partial charge in [0.2, 0.25) is 0 Å². The summed E-state index contributed by atoms with van der Waals surface area (Å²) in [5.41, 5.74) is 0.265. The van der Waals surface area contributed by atoms with Crippen LogP contribution in [0.25, 0.3) is 0 Å². The van der Waals surface area contributed by atoms with Gasteiger partial charge in [0.1, 0.15) is 5.69 Å². The fourth-order valence-electron chi connectivity index (χ4n) is 1.56. The molecule has 18 heavy (non-hydrogen) atoms. The van der Waals surface area contributed by atoms with Crippen LogP contribution in [0.15, 0.2) is 18.2 Å². The Morgan fingerprint density at radius 3 is 2.89 bits per heavy atom. The van der Waals surface area contributed by atoms with Crippen molar-refractivity contribution in [3.8, 4) is 0 Å². The Hall–Kier alpha value is -1.37. The molecule has 1 atom stereocenters. The zero-order chi connectivity index (χ0) is 13.5. The molecule has 0 bridgehead atoms. The maximum Gasteiger partial charge on any atom is 0.292 e. The molecule has 0 aliphatic carbocycles. The van der Waals surface area contributed by atoms with Gasteiger partial charge >= 0.3 is 0 Å². The van der Waals surface area contributed by atoms with Crippen molar-refractivity contribution in [2.45, 2.75) is 12.5 Å². The van der Waals surface area contributed by atoms with Crippen molar-refractivity contribution in [1.29, 1.82) is 0 Å². The van der Waals surface area contributed by atoms with E-state index in [-0.39, 0.29) is 18.3 Å². The largest absolute Gasteiger partial charge is 0.396 e. The summed E-state index contributed by atoms with van der Waals surface area (Å²) in [6.45, 7) is 0.305. The summed E-state index contributed by atoms with van der Waals surface area (Å²) in [6.07, 6.45) is 0.428. The molecule has 2 N–H and O–H groups in total. The fourth-order valence-corrected chi connectivity index (χ4v) is 1.73. The second-order valence-electron chi connectivity index (χ2n) is 3.73. The average Bonchev–Trinajstić information content (AvgIpc) is 2.29. The van der Waals surface area contributed by atoms with Crippen LogP contribution in [-0.4, -0.2) is 36.4 Å². The number of nitro groups is 1. The molecule has 6 nitrogen and oxygen atoms in total. The van der Waals surface area contributed by atoms with E-state index in [2.05, 4.69) is 5.32 Å². The number of hydrogen-bond acceptors (Lipinski definition) is 5. The lowest BCUT2D eigenvalue weighted by Gasteiger charge is -2.18. The first kappa shape index (κ1) is 14.7. The minimum Gasteiger partial charge on any atom is -0.396 e. The maximum absolute atomic E-state index is 10.9. The Morgan fingerprint density at radius 2 is 2.33 bits per heavy atom. The van der Waals surface area contributed by atoms with E-state index in [0.717, 1.165) is 0 Å². The van der Waals surface area contributed by atoms with Crippen LogP contribution in [0.1, 0.15) is 6.42 Å². The Bertz CT molecular complexity index is 408. The predicted octanol–water partition coefficient (Wildman–Crippen LogP) is 2.06. The predicted molar refractivity (Wildman–Crippen MR) is 69.1 cm³/mol. The summed E-state index contributed by atoms with van der Waals surface area (Å²) in [6, 6.07) is 4.08. The zero-order valence-corrected chi connectivity index (χ0v) is 10.7. The molecule has 0 amide bonds. The lowest BCUT2D eigenvalue weighted by Crippen LogP contribution is -2.26. The molecule has 0 radical (unpaired) electrons. The van der Waals surface area contributed by atoms with Gasteiger partial charge in [0.15, 0.2) is 0 Å². The van der Waals surface area contributed by atoms with E-state index in [1.165, 1.54) is 25.3 Å². The molecule has 1 rings (SSSR count). The molecule has 0 saturated carbocycles. The van der Waals surface area contributed by atoms with Gasteiger partial charge < -0.3 is 15.2 Å². The highest BCUT2D eigenvalue weighted by molar-refractivity contribution is 6.31. The number of ether oxygens (including phenoxy) is 1. The minimum absolute atomic E-state index is 0.0324. The molecule has 1 unspecified atom stereocenters. The van der Waals surface area contributed by atoms with Crippen LogP contribution in [0.5, 0.6) is 0 Å². The highest BCUT2D eigenvalue weighted by atomic mass is 35.5. The van der Waals surface area contributed by atoms with Crippen molar-refractivity contribution < 1.29 is 14.8 Å². The molecule has 0 aliphatic heterocycles. The molecule has 7 heteroatoms. The molecule has 1 aromatic rings. The summed E-state index contributed by atoms with van der Waals surface area (Å²) >= 11 is 5.82. The Morgan fingerprint density at radius 1 is 1.61 bits per heavy atom. The van der Waals surface area contributed by atoms with Gasteiger partial charge in [0.25, 0.3) is 5.69 Å². The van der Waals surface area contributed by atoms with Gasteiger partial charge in [-0.1, -0.05) is 11.6 Å². The number of aliphatic hydroxyl groups excluding tert-OH is 1. The number of nitro benzene ring substituents is 1. The third-order valence-electron chi connectivity index (χ3n) is 2.36. The fraction of sp³-hybridized carbons (Fsp3) is 0.455. The van der Waals surface area contributed by atoms with Crippen LogP contribution in [0, 0.1) is 10.1 Å². The standard InChI is InChI=1S/C11H15ClN2O4/c1-18-7-9(4-5-15)13-10-6-8(12)2-3-11(10)14(16)17/h2-3,6,9,13,15H,4-5,7H2,1H3. The number of methoxy groups -OCH3 is 1. The zero-order valence-electron chi connectivity index (χ0n) is 9.93. The van der Waals surface area contributed by atoms with Gasteiger partial charge in [-0.2, -0.15) is 0 Å². The molecule has 0 fully saturated rings. The summed E-state index contributed by atoms with van der Waals surface area (Å²) in [5.74, 6) is 0. The second-order valence-corrected chi connectivity index (χ2v) is 4.16. The van der Waals surface area contributed by atoms with Crippen LogP contribution < -0.4 is 5.32 Å². The quantitative estimate of drug-likeness (QED) is 0.587. The van der Waals surface area contributed by atoms with E-state index in [1.807, 2.05) is 0 Å². The number of anilines is 1. The molecular weight excluding hydrogens is 260 g/mol.